The SMILES string of the molecule is O=C(O)c1ccc(N2C(=O)[C@@H]3[C@@H]4CC[C@@H](C4)[C@H]3C2=O)cc1. The lowest BCUT2D eigenvalue weighted by atomic mass is 9.81. The van der Waals surface area contributed by atoms with Crippen LogP contribution in [0.4, 0.5) is 5.69 Å². The van der Waals surface area contributed by atoms with Gasteiger partial charge in [-0.25, -0.2) is 4.79 Å². The minimum absolute atomic E-state index is 0.0970. The molecule has 1 saturated heterocycles. The molecule has 5 nitrogen and oxygen atoms in total. The maximum Gasteiger partial charge on any atom is 0.335 e. The first-order valence-electron chi connectivity index (χ1n) is 7.29. The summed E-state index contributed by atoms with van der Waals surface area (Å²) < 4.78 is 0. The van der Waals surface area contributed by atoms with E-state index < -0.39 is 5.97 Å². The Morgan fingerprint density at radius 3 is 2.00 bits per heavy atom. The van der Waals surface area contributed by atoms with Crippen molar-refractivity contribution in [3.8, 4) is 0 Å². The summed E-state index contributed by atoms with van der Waals surface area (Å²) in [4.78, 5) is 37.3. The molecule has 4 rings (SSSR count). The minimum Gasteiger partial charge on any atom is -0.478 e. The van der Waals surface area contributed by atoms with Crippen molar-refractivity contribution in [1.82, 2.24) is 0 Å². The molecule has 4 atom stereocenters. The number of rotatable bonds is 2. The zero-order valence-corrected chi connectivity index (χ0v) is 11.4. The number of carbonyl (C=O) groups excluding carboxylic acids is 2. The number of carbonyl (C=O) groups is 3. The first-order chi connectivity index (χ1) is 10.1. The Labute approximate surface area is 121 Å². The molecule has 2 amide bonds. The molecule has 0 unspecified atom stereocenters. The lowest BCUT2D eigenvalue weighted by molar-refractivity contribution is -0.123. The summed E-state index contributed by atoms with van der Waals surface area (Å²) in [5.74, 6) is -0.777. The van der Waals surface area contributed by atoms with Crippen LogP contribution >= 0.6 is 0 Å². The van der Waals surface area contributed by atoms with Crippen LogP contribution in [0.1, 0.15) is 29.6 Å². The zero-order valence-electron chi connectivity index (χ0n) is 11.4. The van der Waals surface area contributed by atoms with E-state index in [4.69, 9.17) is 5.11 Å². The van der Waals surface area contributed by atoms with Crippen LogP contribution in [0.2, 0.25) is 0 Å². The number of hydrogen-bond acceptors (Lipinski definition) is 3. The Kier molecular flexibility index (Phi) is 2.49. The van der Waals surface area contributed by atoms with E-state index in [1.807, 2.05) is 0 Å². The Hall–Kier alpha value is -2.17. The molecule has 1 N–H and O–H groups in total. The molecule has 3 aliphatic rings. The van der Waals surface area contributed by atoms with Crippen LogP contribution in [-0.4, -0.2) is 22.9 Å². The van der Waals surface area contributed by atoms with Gasteiger partial charge in [-0.1, -0.05) is 0 Å². The number of hydrogen-bond donors (Lipinski definition) is 1. The van der Waals surface area contributed by atoms with Gasteiger partial charge in [-0.15, -0.1) is 0 Å². The van der Waals surface area contributed by atoms with E-state index in [1.54, 1.807) is 12.1 Å². The summed E-state index contributed by atoms with van der Waals surface area (Å²) in [5, 5.41) is 8.91. The molecule has 1 aromatic rings. The summed E-state index contributed by atoms with van der Waals surface area (Å²) >= 11 is 0. The van der Waals surface area contributed by atoms with Gasteiger partial charge in [-0.05, 0) is 55.4 Å². The minimum atomic E-state index is -1.02. The van der Waals surface area contributed by atoms with Gasteiger partial charge in [0, 0.05) is 0 Å². The van der Waals surface area contributed by atoms with Gasteiger partial charge in [0.15, 0.2) is 0 Å². The molecule has 2 aliphatic carbocycles. The predicted molar refractivity (Wildman–Crippen MR) is 73.7 cm³/mol. The number of benzene rings is 1. The van der Waals surface area contributed by atoms with E-state index in [-0.39, 0.29) is 29.2 Å². The quantitative estimate of drug-likeness (QED) is 0.842. The van der Waals surface area contributed by atoms with Crippen LogP contribution in [0, 0.1) is 23.7 Å². The predicted octanol–water partition coefficient (Wildman–Crippen LogP) is 1.92. The van der Waals surface area contributed by atoms with Gasteiger partial charge in [-0.2, -0.15) is 0 Å². The van der Waals surface area contributed by atoms with Crippen molar-refractivity contribution in [2.45, 2.75) is 19.3 Å². The van der Waals surface area contributed by atoms with Gasteiger partial charge in [0.1, 0.15) is 0 Å². The summed E-state index contributed by atoms with van der Waals surface area (Å²) in [5.41, 5.74) is 0.641. The molecular formula is C16H15NO4. The summed E-state index contributed by atoms with van der Waals surface area (Å²) in [6, 6.07) is 5.95. The van der Waals surface area contributed by atoms with E-state index in [2.05, 4.69) is 0 Å². The molecule has 5 heteroatoms. The maximum atomic E-state index is 12.6. The first kappa shape index (κ1) is 12.6. The smallest absolute Gasteiger partial charge is 0.335 e. The number of aromatic carboxylic acids is 1. The van der Waals surface area contributed by atoms with Gasteiger partial charge in [0.05, 0.1) is 23.1 Å². The Balaban J connectivity index is 1.68. The molecule has 2 saturated carbocycles. The third-order valence-electron chi connectivity index (χ3n) is 5.30. The molecule has 108 valence electrons. The van der Waals surface area contributed by atoms with E-state index in [1.165, 1.54) is 17.0 Å². The highest BCUT2D eigenvalue weighted by atomic mass is 16.4. The van der Waals surface area contributed by atoms with Crippen LogP contribution in [0.5, 0.6) is 0 Å². The second-order valence-electron chi connectivity index (χ2n) is 6.25. The second-order valence-corrected chi connectivity index (χ2v) is 6.25. The van der Waals surface area contributed by atoms with E-state index in [9.17, 15) is 14.4 Å². The van der Waals surface area contributed by atoms with Crippen LogP contribution < -0.4 is 4.90 Å². The number of anilines is 1. The monoisotopic (exact) mass is 285 g/mol. The van der Waals surface area contributed by atoms with Crippen molar-refractivity contribution in [3.63, 3.8) is 0 Å². The highest BCUT2D eigenvalue weighted by molar-refractivity contribution is 6.22. The van der Waals surface area contributed by atoms with Crippen LogP contribution in [0.25, 0.3) is 0 Å². The molecule has 1 aliphatic heterocycles. The van der Waals surface area contributed by atoms with Gasteiger partial charge in [-0.3, -0.25) is 14.5 Å². The number of imide groups is 1. The third kappa shape index (κ3) is 1.60. The number of carboxylic acid groups (broad SMARTS) is 1. The average molecular weight is 285 g/mol. The van der Waals surface area contributed by atoms with Crippen LogP contribution in [0.15, 0.2) is 24.3 Å². The highest BCUT2D eigenvalue weighted by Crippen LogP contribution is 2.56. The van der Waals surface area contributed by atoms with Gasteiger partial charge in [0.25, 0.3) is 0 Å². The van der Waals surface area contributed by atoms with Crippen molar-refractivity contribution < 1.29 is 19.5 Å². The fourth-order valence-corrected chi connectivity index (χ4v) is 4.42. The van der Waals surface area contributed by atoms with E-state index >= 15 is 0 Å². The van der Waals surface area contributed by atoms with E-state index in [0.29, 0.717) is 17.5 Å². The first-order valence-corrected chi connectivity index (χ1v) is 7.29. The number of amides is 2. The molecule has 2 bridgehead atoms. The molecule has 21 heavy (non-hydrogen) atoms. The van der Waals surface area contributed by atoms with Crippen molar-refractivity contribution in [2.75, 3.05) is 4.90 Å². The van der Waals surface area contributed by atoms with Crippen molar-refractivity contribution in [1.29, 1.82) is 0 Å². The molecule has 3 fully saturated rings. The lowest BCUT2D eigenvalue weighted by Gasteiger charge is -2.19. The molecule has 1 heterocycles. The van der Waals surface area contributed by atoms with Gasteiger partial charge < -0.3 is 5.11 Å². The standard InChI is InChI=1S/C16H15NO4/c18-14-12-9-1-2-10(7-9)13(12)15(19)17(14)11-5-3-8(4-6-11)16(20)21/h3-6,9-10,12-13H,1-2,7H2,(H,20,21)/t9-,10+,12-,13-/m1/s1. The molecular weight excluding hydrogens is 270 g/mol. The Bertz CT molecular complexity index is 623. The normalized spacial score (nSPS) is 33.6. The highest BCUT2D eigenvalue weighted by Gasteiger charge is 2.61. The van der Waals surface area contributed by atoms with Crippen LogP contribution in [0.3, 0.4) is 0 Å². The van der Waals surface area contributed by atoms with Crippen LogP contribution in [-0.2, 0) is 9.59 Å². The van der Waals surface area contributed by atoms with Gasteiger partial charge in [0.2, 0.25) is 11.8 Å². The fourth-order valence-electron chi connectivity index (χ4n) is 4.42. The maximum absolute atomic E-state index is 12.6. The van der Waals surface area contributed by atoms with Crippen molar-refractivity contribution in [3.05, 3.63) is 29.8 Å². The van der Waals surface area contributed by atoms with E-state index in [0.717, 1.165) is 19.3 Å². The number of fused-ring (bicyclic) bond motifs is 5. The summed E-state index contributed by atoms with van der Waals surface area (Å²) in [6.07, 6.45) is 3.12. The van der Waals surface area contributed by atoms with Crippen molar-refractivity contribution >= 4 is 23.5 Å². The fraction of sp³-hybridized carbons (Fsp3) is 0.438. The van der Waals surface area contributed by atoms with Gasteiger partial charge >= 0.3 is 5.97 Å². The topological polar surface area (TPSA) is 74.7 Å². The lowest BCUT2D eigenvalue weighted by Crippen LogP contribution is -2.32. The average Bonchev–Trinajstić information content (AvgIpc) is 3.13. The zero-order chi connectivity index (χ0) is 14.7. The largest absolute Gasteiger partial charge is 0.478 e. The Morgan fingerprint density at radius 1 is 1.00 bits per heavy atom. The third-order valence-corrected chi connectivity index (χ3v) is 5.30. The Morgan fingerprint density at radius 2 is 1.52 bits per heavy atom. The van der Waals surface area contributed by atoms with Crippen molar-refractivity contribution in [2.24, 2.45) is 23.7 Å². The molecule has 1 aromatic carbocycles. The molecule has 0 radical (unpaired) electrons. The summed E-state index contributed by atoms with van der Waals surface area (Å²) in [7, 11) is 0. The number of carboxylic acids is 1. The second kappa shape index (κ2) is 4.16. The molecule has 0 spiro atoms. The summed E-state index contributed by atoms with van der Waals surface area (Å²) in [6.45, 7) is 0. The number of nitrogens with zero attached hydrogens (tertiary/aromatic N) is 1. The molecule has 0 aromatic heterocycles.